The van der Waals surface area contributed by atoms with Crippen LogP contribution < -0.4 is 26.2 Å². The second-order valence-corrected chi connectivity index (χ2v) is 7.97. The van der Waals surface area contributed by atoms with Gasteiger partial charge in [0.25, 0.3) is 5.91 Å². The molecule has 35 heavy (non-hydrogen) atoms. The number of aromatic nitrogens is 6. The molecular weight excluding hydrogens is 447 g/mol. The first-order chi connectivity index (χ1) is 16.5. The minimum atomic E-state index is -1.99. The first-order valence-electron chi connectivity index (χ1n) is 10.4. The molecule has 172 valence electrons. The van der Waals surface area contributed by atoms with E-state index < -0.39 is 17.2 Å². The average Bonchev–Trinajstić information content (AvgIpc) is 3.18. The van der Waals surface area contributed by atoms with E-state index in [0.29, 0.717) is 5.82 Å². The third kappa shape index (κ3) is 4.77. The molecule has 1 atom stereocenters. The quantitative estimate of drug-likeness (QED) is 0.365. The first kappa shape index (κ1) is 24.0. The van der Waals surface area contributed by atoms with Crippen LogP contribution in [0.1, 0.15) is 29.1 Å². The van der Waals surface area contributed by atoms with Crippen LogP contribution in [0.5, 0.6) is 0 Å². The molecule has 3 amide bonds. The van der Waals surface area contributed by atoms with Crippen molar-refractivity contribution in [3.8, 4) is 11.3 Å². The summed E-state index contributed by atoms with van der Waals surface area (Å²) in [5, 5.41) is 25.1. The van der Waals surface area contributed by atoms with Crippen LogP contribution in [0.15, 0.2) is 18.3 Å². The zero-order valence-corrected chi connectivity index (χ0v) is 19.5. The van der Waals surface area contributed by atoms with Crippen LogP contribution in [0.2, 0.25) is 0 Å². The number of hydrogen-bond acceptors (Lipinski definition) is 9. The number of urea groups is 1. The molecule has 13 nitrogen and oxygen atoms in total. The predicted molar refractivity (Wildman–Crippen MR) is 132 cm³/mol. The van der Waals surface area contributed by atoms with Crippen LogP contribution >= 0.6 is 0 Å². The minimum Gasteiger partial charge on any atom is -0.370 e. The SMILES string of the molecule is [B]C([B])([B])NC(=O)c1nnc(NC(=O)NC)cc1Nc1nccc2c1N(C)[C@H](C)c1nn(C)nc1-2. The van der Waals surface area contributed by atoms with E-state index in [-0.39, 0.29) is 23.2 Å². The van der Waals surface area contributed by atoms with Gasteiger partial charge >= 0.3 is 6.03 Å². The van der Waals surface area contributed by atoms with Crippen LogP contribution in [-0.2, 0) is 7.05 Å². The Hall–Kier alpha value is -4.10. The summed E-state index contributed by atoms with van der Waals surface area (Å²) in [6, 6.07) is 2.63. The molecule has 3 aromatic rings. The van der Waals surface area contributed by atoms with Crippen molar-refractivity contribution in [2.45, 2.75) is 18.2 Å². The average molecular weight is 467 g/mol. The molecule has 0 fully saturated rings. The smallest absolute Gasteiger partial charge is 0.320 e. The van der Waals surface area contributed by atoms with Gasteiger partial charge in [-0.05, 0) is 13.0 Å². The number of pyridine rings is 1. The number of nitrogens with zero attached hydrogens (tertiary/aromatic N) is 7. The fourth-order valence-electron chi connectivity index (χ4n) is 3.64. The Labute approximate surface area is 205 Å². The molecule has 0 aliphatic carbocycles. The third-order valence-electron chi connectivity index (χ3n) is 5.31. The zero-order valence-electron chi connectivity index (χ0n) is 19.5. The maximum atomic E-state index is 12.8. The van der Waals surface area contributed by atoms with Gasteiger partial charge in [-0.15, -0.1) is 10.2 Å². The molecule has 0 bridgehead atoms. The van der Waals surface area contributed by atoms with Gasteiger partial charge in [0, 0.05) is 39.0 Å². The standard InChI is InChI=1S/C19H20B3N11O2/c1-8-12-13(31-33(4)30-12)9-5-6-24-16(15(9)32(8)3)25-10-7-11(26-18(35)23-2)28-29-14(10)17(34)27-19(20,21)22/h5-8H,1-4H3,(H,27,34)(H3,23,24,25,26,28,35)/t8-/m1/s1. The summed E-state index contributed by atoms with van der Waals surface area (Å²) in [6.07, 6.45) is 1.60. The van der Waals surface area contributed by atoms with Crippen molar-refractivity contribution >= 4 is 58.5 Å². The maximum Gasteiger partial charge on any atom is 0.320 e. The van der Waals surface area contributed by atoms with Crippen LogP contribution in [0.4, 0.5) is 27.8 Å². The van der Waals surface area contributed by atoms with Crippen molar-refractivity contribution in [2.24, 2.45) is 7.05 Å². The lowest BCUT2D eigenvalue weighted by molar-refractivity contribution is 0.0947. The number of nitrogens with one attached hydrogen (secondary N) is 4. The molecule has 1 aliphatic rings. The van der Waals surface area contributed by atoms with E-state index in [1.54, 1.807) is 13.2 Å². The topological polar surface area (TPSA) is 155 Å². The van der Waals surface area contributed by atoms with Gasteiger partial charge in [0.15, 0.2) is 17.3 Å². The lowest BCUT2D eigenvalue weighted by Gasteiger charge is -2.33. The molecule has 0 saturated carbocycles. The molecule has 0 aromatic carbocycles. The highest BCUT2D eigenvalue weighted by atomic mass is 16.2. The highest BCUT2D eigenvalue weighted by Crippen LogP contribution is 2.45. The Morgan fingerprint density at radius 1 is 1.14 bits per heavy atom. The van der Waals surface area contributed by atoms with Crippen molar-refractivity contribution in [1.29, 1.82) is 0 Å². The molecule has 6 radical (unpaired) electrons. The van der Waals surface area contributed by atoms with Gasteiger partial charge in [0.2, 0.25) is 0 Å². The Morgan fingerprint density at radius 3 is 2.57 bits per heavy atom. The van der Waals surface area contributed by atoms with E-state index in [1.807, 2.05) is 24.9 Å². The van der Waals surface area contributed by atoms with Crippen LogP contribution in [0.25, 0.3) is 11.3 Å². The molecule has 0 spiro atoms. The Kier molecular flexibility index (Phi) is 6.13. The summed E-state index contributed by atoms with van der Waals surface area (Å²) in [4.78, 5) is 32.5. The monoisotopic (exact) mass is 467 g/mol. The first-order valence-corrected chi connectivity index (χ1v) is 10.4. The number of hydrogen-bond donors (Lipinski definition) is 4. The second-order valence-electron chi connectivity index (χ2n) is 7.97. The summed E-state index contributed by atoms with van der Waals surface area (Å²) >= 11 is 0. The lowest BCUT2D eigenvalue weighted by atomic mass is 9.49. The molecule has 16 heteroatoms. The molecule has 0 unspecified atom stereocenters. The number of carbonyl (C=O) groups is 2. The molecule has 3 aromatic heterocycles. The fourth-order valence-corrected chi connectivity index (χ4v) is 3.64. The van der Waals surface area contributed by atoms with E-state index >= 15 is 0 Å². The molecular formula is C19H20B3N11O2. The van der Waals surface area contributed by atoms with Crippen molar-refractivity contribution < 1.29 is 9.59 Å². The molecule has 4 N–H and O–H groups in total. The van der Waals surface area contributed by atoms with Crippen LogP contribution in [-0.4, -0.2) is 85.0 Å². The molecule has 4 rings (SSSR count). The second kappa shape index (κ2) is 8.93. The summed E-state index contributed by atoms with van der Waals surface area (Å²) in [6.45, 7) is 1.99. The summed E-state index contributed by atoms with van der Waals surface area (Å²) in [5.74, 6) is -0.312. The van der Waals surface area contributed by atoms with Crippen molar-refractivity contribution in [1.82, 2.24) is 40.8 Å². The van der Waals surface area contributed by atoms with E-state index in [0.717, 1.165) is 22.6 Å². The van der Waals surface area contributed by atoms with E-state index in [4.69, 9.17) is 23.5 Å². The zero-order chi connectivity index (χ0) is 25.5. The summed E-state index contributed by atoms with van der Waals surface area (Å²) in [7, 11) is 21.7. The highest BCUT2D eigenvalue weighted by molar-refractivity contribution is 6.60. The number of anilines is 4. The molecule has 0 saturated heterocycles. The minimum absolute atomic E-state index is 0.0747. The molecule has 1 aliphatic heterocycles. The van der Waals surface area contributed by atoms with Crippen molar-refractivity contribution in [2.75, 3.05) is 29.6 Å². The van der Waals surface area contributed by atoms with Crippen LogP contribution in [0.3, 0.4) is 0 Å². The molecule has 4 heterocycles. The predicted octanol–water partition coefficient (Wildman–Crippen LogP) is -0.481. The Balaban J connectivity index is 1.80. The number of carbonyl (C=O) groups excluding carboxylic acids is 2. The lowest BCUT2D eigenvalue weighted by Crippen LogP contribution is -2.50. The normalized spacial score (nSPS) is 14.5. The van der Waals surface area contributed by atoms with Gasteiger partial charge in [-0.25, -0.2) is 9.78 Å². The third-order valence-corrected chi connectivity index (χ3v) is 5.31. The van der Waals surface area contributed by atoms with Gasteiger partial charge in [0.05, 0.1) is 41.0 Å². The number of fused-ring (bicyclic) bond motifs is 3. The van der Waals surface area contributed by atoms with Crippen LogP contribution in [0, 0.1) is 0 Å². The number of rotatable bonds is 5. The maximum absolute atomic E-state index is 12.8. The van der Waals surface area contributed by atoms with Gasteiger partial charge in [-0.3, -0.25) is 10.1 Å². The van der Waals surface area contributed by atoms with Crippen molar-refractivity contribution in [3.05, 3.63) is 29.7 Å². The highest BCUT2D eigenvalue weighted by Gasteiger charge is 2.33. The van der Waals surface area contributed by atoms with Gasteiger partial charge in [0.1, 0.15) is 11.4 Å². The fraction of sp³-hybridized carbons (Fsp3) is 0.316. The number of aryl methyl sites for hydroxylation is 1. The van der Waals surface area contributed by atoms with E-state index in [1.165, 1.54) is 17.9 Å². The van der Waals surface area contributed by atoms with Gasteiger partial charge < -0.3 is 20.9 Å². The number of amides is 3. The Morgan fingerprint density at radius 2 is 1.89 bits per heavy atom. The summed E-state index contributed by atoms with van der Waals surface area (Å²) < 4.78 is 0. The van der Waals surface area contributed by atoms with E-state index in [9.17, 15) is 9.59 Å². The largest absolute Gasteiger partial charge is 0.370 e. The van der Waals surface area contributed by atoms with Crippen molar-refractivity contribution in [3.63, 3.8) is 0 Å². The van der Waals surface area contributed by atoms with Gasteiger partial charge in [-0.1, -0.05) is 5.24 Å². The van der Waals surface area contributed by atoms with E-state index in [2.05, 4.69) is 46.6 Å². The van der Waals surface area contributed by atoms with Gasteiger partial charge in [-0.2, -0.15) is 15.0 Å². The summed E-state index contributed by atoms with van der Waals surface area (Å²) in [5.41, 5.74) is 3.07. The Bertz CT molecular complexity index is 1310.